The van der Waals surface area contributed by atoms with Crippen molar-refractivity contribution in [1.29, 1.82) is 0 Å². The zero-order valence-electron chi connectivity index (χ0n) is 14.0. The fourth-order valence-electron chi connectivity index (χ4n) is 3.28. The second kappa shape index (κ2) is 7.66. The van der Waals surface area contributed by atoms with Crippen LogP contribution in [0.1, 0.15) is 31.5 Å². The maximum absolute atomic E-state index is 4.44. The first-order valence-corrected chi connectivity index (χ1v) is 8.41. The fraction of sp³-hybridized carbons (Fsp3) is 0.588. The Morgan fingerprint density at radius 3 is 2.70 bits per heavy atom. The molecular formula is C17H26N6. The molecule has 0 spiro atoms. The van der Waals surface area contributed by atoms with Gasteiger partial charge >= 0.3 is 0 Å². The van der Waals surface area contributed by atoms with E-state index in [1.54, 1.807) is 12.4 Å². The number of piperidine rings is 1. The zero-order chi connectivity index (χ0) is 16.1. The minimum absolute atomic E-state index is 0.310. The van der Waals surface area contributed by atoms with E-state index in [-0.39, 0.29) is 0 Å². The van der Waals surface area contributed by atoms with Crippen LogP contribution in [-0.2, 0) is 6.54 Å². The van der Waals surface area contributed by atoms with Crippen LogP contribution in [0.4, 0.5) is 0 Å². The molecule has 2 aromatic heterocycles. The van der Waals surface area contributed by atoms with Gasteiger partial charge in [0.25, 0.3) is 0 Å². The van der Waals surface area contributed by atoms with Crippen molar-refractivity contribution in [2.45, 2.75) is 38.4 Å². The van der Waals surface area contributed by atoms with Crippen molar-refractivity contribution >= 4 is 0 Å². The van der Waals surface area contributed by atoms with Crippen molar-refractivity contribution in [1.82, 2.24) is 29.5 Å². The van der Waals surface area contributed by atoms with Gasteiger partial charge in [0.05, 0.1) is 18.3 Å². The predicted molar refractivity (Wildman–Crippen MR) is 89.9 cm³/mol. The van der Waals surface area contributed by atoms with Gasteiger partial charge in [-0.2, -0.15) is 5.10 Å². The molecule has 3 heterocycles. The van der Waals surface area contributed by atoms with E-state index >= 15 is 0 Å². The van der Waals surface area contributed by atoms with Gasteiger partial charge in [-0.3, -0.25) is 19.5 Å². The molecule has 1 saturated heterocycles. The smallest absolute Gasteiger partial charge is 0.0755 e. The summed E-state index contributed by atoms with van der Waals surface area (Å²) in [4.78, 5) is 13.6. The van der Waals surface area contributed by atoms with Gasteiger partial charge in [-0.05, 0) is 46.0 Å². The molecule has 0 bridgehead atoms. The molecule has 6 heteroatoms. The van der Waals surface area contributed by atoms with Crippen molar-refractivity contribution in [3.05, 3.63) is 42.7 Å². The van der Waals surface area contributed by atoms with Crippen LogP contribution in [0.2, 0.25) is 0 Å². The Kier molecular flexibility index (Phi) is 5.35. The highest BCUT2D eigenvalue weighted by molar-refractivity contribution is 5.02. The van der Waals surface area contributed by atoms with Gasteiger partial charge in [0.15, 0.2) is 0 Å². The Labute approximate surface area is 138 Å². The van der Waals surface area contributed by atoms with E-state index < -0.39 is 0 Å². The summed E-state index contributed by atoms with van der Waals surface area (Å²) in [6.07, 6.45) is 11.7. The Morgan fingerprint density at radius 2 is 2.04 bits per heavy atom. The number of nitrogens with zero attached hydrogens (tertiary/aromatic N) is 6. The predicted octanol–water partition coefficient (Wildman–Crippen LogP) is 1.83. The number of rotatable bonds is 6. The summed E-state index contributed by atoms with van der Waals surface area (Å²) in [5.41, 5.74) is 1.05. The monoisotopic (exact) mass is 314 g/mol. The summed E-state index contributed by atoms with van der Waals surface area (Å²) >= 11 is 0. The fourth-order valence-corrected chi connectivity index (χ4v) is 3.28. The molecule has 6 nitrogen and oxygen atoms in total. The van der Waals surface area contributed by atoms with E-state index in [1.165, 1.54) is 12.8 Å². The van der Waals surface area contributed by atoms with Gasteiger partial charge in [0, 0.05) is 43.6 Å². The Hall–Kier alpha value is -1.79. The van der Waals surface area contributed by atoms with Crippen LogP contribution in [-0.4, -0.2) is 62.3 Å². The summed E-state index contributed by atoms with van der Waals surface area (Å²) in [6, 6.07) is 2.91. The van der Waals surface area contributed by atoms with Crippen LogP contribution >= 0.6 is 0 Å². The van der Waals surface area contributed by atoms with Gasteiger partial charge in [0.2, 0.25) is 0 Å². The second-order valence-corrected chi connectivity index (χ2v) is 6.31. The van der Waals surface area contributed by atoms with Gasteiger partial charge in [-0.1, -0.05) is 0 Å². The molecule has 0 N–H and O–H groups in total. The van der Waals surface area contributed by atoms with Gasteiger partial charge in [0.1, 0.15) is 0 Å². The Morgan fingerprint density at radius 1 is 1.22 bits per heavy atom. The van der Waals surface area contributed by atoms with Crippen LogP contribution in [0.3, 0.4) is 0 Å². The molecule has 0 aliphatic carbocycles. The molecule has 0 saturated carbocycles. The topological polar surface area (TPSA) is 50.1 Å². The lowest BCUT2D eigenvalue weighted by Gasteiger charge is -2.39. The standard InChI is InChI=1S/C17H26N6/c1-15(17-14-18-7-8-19-17)21(2)16-4-10-22(11-5-16)12-13-23-9-3-6-20-23/h3,6-9,14-16H,4-5,10-13H2,1-2H3. The molecule has 3 rings (SSSR count). The summed E-state index contributed by atoms with van der Waals surface area (Å²) in [7, 11) is 2.21. The third-order valence-electron chi connectivity index (χ3n) is 4.96. The van der Waals surface area contributed by atoms with Crippen LogP contribution < -0.4 is 0 Å². The van der Waals surface area contributed by atoms with Gasteiger partial charge in [-0.15, -0.1) is 0 Å². The molecule has 1 atom stereocenters. The van der Waals surface area contributed by atoms with Crippen molar-refractivity contribution in [2.24, 2.45) is 0 Å². The van der Waals surface area contributed by atoms with Crippen molar-refractivity contribution in [3.63, 3.8) is 0 Å². The van der Waals surface area contributed by atoms with Crippen LogP contribution in [0.5, 0.6) is 0 Å². The SMILES string of the molecule is CC(c1cnccn1)N(C)C1CCN(CCn2cccn2)CC1. The highest BCUT2D eigenvalue weighted by Gasteiger charge is 2.26. The van der Waals surface area contributed by atoms with Crippen molar-refractivity contribution < 1.29 is 0 Å². The maximum atomic E-state index is 4.44. The Bertz CT molecular complexity index is 562. The first-order chi connectivity index (χ1) is 11.2. The summed E-state index contributed by atoms with van der Waals surface area (Å²) < 4.78 is 2.01. The second-order valence-electron chi connectivity index (χ2n) is 6.31. The highest BCUT2D eigenvalue weighted by Crippen LogP contribution is 2.24. The molecule has 1 unspecified atom stereocenters. The summed E-state index contributed by atoms with van der Waals surface area (Å²) in [5, 5.41) is 4.27. The van der Waals surface area contributed by atoms with Crippen LogP contribution in [0.25, 0.3) is 0 Å². The molecule has 124 valence electrons. The molecular weight excluding hydrogens is 288 g/mol. The first kappa shape index (κ1) is 16.1. The number of aromatic nitrogens is 4. The van der Waals surface area contributed by atoms with E-state index in [4.69, 9.17) is 0 Å². The first-order valence-electron chi connectivity index (χ1n) is 8.41. The summed E-state index contributed by atoms with van der Waals surface area (Å²) in [5.74, 6) is 0. The van der Waals surface area contributed by atoms with E-state index in [0.29, 0.717) is 12.1 Å². The van der Waals surface area contributed by atoms with E-state index in [2.05, 4.69) is 38.8 Å². The lowest BCUT2D eigenvalue weighted by atomic mass is 10.0. The highest BCUT2D eigenvalue weighted by atomic mass is 15.3. The zero-order valence-corrected chi connectivity index (χ0v) is 14.0. The number of hydrogen-bond donors (Lipinski definition) is 0. The van der Waals surface area contributed by atoms with E-state index in [1.807, 2.05) is 29.3 Å². The normalized spacial score (nSPS) is 18.4. The Balaban J connectivity index is 1.46. The molecule has 1 aliphatic heterocycles. The van der Waals surface area contributed by atoms with Crippen molar-refractivity contribution in [3.8, 4) is 0 Å². The lowest BCUT2D eigenvalue weighted by Crippen LogP contribution is -2.45. The third kappa shape index (κ3) is 4.14. The average Bonchev–Trinajstić information content (AvgIpc) is 3.13. The molecule has 2 aromatic rings. The minimum Gasteiger partial charge on any atom is -0.301 e. The third-order valence-corrected chi connectivity index (χ3v) is 4.96. The molecule has 0 radical (unpaired) electrons. The van der Waals surface area contributed by atoms with E-state index in [0.717, 1.165) is 31.9 Å². The van der Waals surface area contributed by atoms with Crippen LogP contribution in [0, 0.1) is 0 Å². The number of likely N-dealkylation sites (tertiary alicyclic amines) is 1. The number of hydrogen-bond acceptors (Lipinski definition) is 5. The lowest BCUT2D eigenvalue weighted by molar-refractivity contribution is 0.0979. The summed E-state index contributed by atoms with van der Waals surface area (Å²) in [6.45, 7) is 6.59. The van der Waals surface area contributed by atoms with Gasteiger partial charge in [-0.25, -0.2) is 0 Å². The van der Waals surface area contributed by atoms with Gasteiger partial charge < -0.3 is 4.90 Å². The average molecular weight is 314 g/mol. The van der Waals surface area contributed by atoms with Crippen LogP contribution in [0.15, 0.2) is 37.1 Å². The van der Waals surface area contributed by atoms with Crippen molar-refractivity contribution in [2.75, 3.05) is 26.7 Å². The molecule has 1 fully saturated rings. The largest absolute Gasteiger partial charge is 0.301 e. The van der Waals surface area contributed by atoms with E-state index in [9.17, 15) is 0 Å². The molecule has 0 aromatic carbocycles. The molecule has 0 amide bonds. The maximum Gasteiger partial charge on any atom is 0.0755 e. The molecule has 1 aliphatic rings. The quantitative estimate of drug-likeness (QED) is 0.814. The molecule has 23 heavy (non-hydrogen) atoms. The minimum atomic E-state index is 0.310.